The van der Waals surface area contributed by atoms with Gasteiger partial charge in [0.25, 0.3) is 0 Å². The van der Waals surface area contributed by atoms with Gasteiger partial charge in [-0.2, -0.15) is 0 Å². The normalized spacial score (nSPS) is 22.9. The van der Waals surface area contributed by atoms with Crippen LogP contribution in [0.2, 0.25) is 0 Å². The van der Waals surface area contributed by atoms with Crippen molar-refractivity contribution in [2.24, 2.45) is 0 Å². The third kappa shape index (κ3) is 2.83. The zero-order chi connectivity index (χ0) is 13.9. The maximum absolute atomic E-state index is 9.71. The van der Waals surface area contributed by atoms with Crippen LogP contribution in [0.15, 0.2) is 30.3 Å². The predicted octanol–water partition coefficient (Wildman–Crippen LogP) is 2.39. The van der Waals surface area contributed by atoms with Crippen molar-refractivity contribution in [1.29, 1.82) is 0 Å². The molecule has 1 aliphatic heterocycles. The van der Waals surface area contributed by atoms with Crippen molar-refractivity contribution < 1.29 is 9.84 Å². The molecule has 0 amide bonds. The number of nitrogens with zero attached hydrogens (tertiary/aromatic N) is 1. The van der Waals surface area contributed by atoms with Crippen molar-refractivity contribution in [1.82, 2.24) is 4.90 Å². The highest BCUT2D eigenvalue weighted by molar-refractivity contribution is 5.28. The van der Waals surface area contributed by atoms with Crippen LogP contribution in [0.5, 0.6) is 0 Å². The molecule has 2 rings (SSSR count). The number of ether oxygens (including phenoxy) is 1. The molecule has 1 aromatic carbocycles. The minimum Gasteiger partial charge on any atom is -0.381 e. The van der Waals surface area contributed by atoms with E-state index in [0.717, 1.165) is 25.9 Å². The van der Waals surface area contributed by atoms with Crippen LogP contribution >= 0.6 is 0 Å². The van der Waals surface area contributed by atoms with Gasteiger partial charge in [-0.05, 0) is 32.3 Å². The molecular weight excluding hydrogens is 238 g/mol. The van der Waals surface area contributed by atoms with Crippen LogP contribution in [-0.4, -0.2) is 42.5 Å². The molecular formula is C16H25NO2. The van der Waals surface area contributed by atoms with Gasteiger partial charge in [0.05, 0.1) is 6.10 Å². The van der Waals surface area contributed by atoms with Gasteiger partial charge in [-0.25, -0.2) is 0 Å². The minimum absolute atomic E-state index is 0.0708. The fourth-order valence-corrected chi connectivity index (χ4v) is 3.22. The van der Waals surface area contributed by atoms with Gasteiger partial charge < -0.3 is 9.84 Å². The summed E-state index contributed by atoms with van der Waals surface area (Å²) in [6.45, 7) is 5.83. The average molecular weight is 263 g/mol. The SMILES string of the molecule is COC(C)C1(c2ccccc2)CCN(C(C)O)CC1. The summed E-state index contributed by atoms with van der Waals surface area (Å²) in [6, 6.07) is 10.7. The van der Waals surface area contributed by atoms with E-state index >= 15 is 0 Å². The molecule has 1 fully saturated rings. The summed E-state index contributed by atoms with van der Waals surface area (Å²) >= 11 is 0. The van der Waals surface area contributed by atoms with E-state index in [4.69, 9.17) is 4.74 Å². The van der Waals surface area contributed by atoms with Gasteiger partial charge in [0.1, 0.15) is 6.23 Å². The Kier molecular flexibility index (Phi) is 4.61. The third-order valence-electron chi connectivity index (χ3n) is 4.70. The Bertz CT molecular complexity index is 383. The molecule has 1 aliphatic rings. The lowest BCUT2D eigenvalue weighted by Crippen LogP contribution is -2.51. The second-order valence-corrected chi connectivity index (χ2v) is 5.57. The molecule has 0 bridgehead atoms. The first-order valence-corrected chi connectivity index (χ1v) is 7.10. The summed E-state index contributed by atoms with van der Waals surface area (Å²) in [5.41, 5.74) is 1.43. The van der Waals surface area contributed by atoms with Crippen LogP contribution in [0.25, 0.3) is 0 Å². The van der Waals surface area contributed by atoms with Crippen LogP contribution in [0.3, 0.4) is 0 Å². The Morgan fingerprint density at radius 2 is 1.74 bits per heavy atom. The van der Waals surface area contributed by atoms with E-state index in [1.54, 1.807) is 7.11 Å². The number of rotatable bonds is 4. The van der Waals surface area contributed by atoms with Crippen molar-refractivity contribution >= 4 is 0 Å². The fraction of sp³-hybridized carbons (Fsp3) is 0.625. The van der Waals surface area contributed by atoms with E-state index in [1.807, 2.05) is 6.92 Å². The van der Waals surface area contributed by atoms with E-state index in [9.17, 15) is 5.11 Å². The van der Waals surface area contributed by atoms with E-state index in [0.29, 0.717) is 0 Å². The summed E-state index contributed by atoms with van der Waals surface area (Å²) in [4.78, 5) is 2.13. The van der Waals surface area contributed by atoms with Crippen molar-refractivity contribution in [3.63, 3.8) is 0 Å². The molecule has 1 saturated heterocycles. The zero-order valence-corrected chi connectivity index (χ0v) is 12.2. The van der Waals surface area contributed by atoms with Gasteiger partial charge >= 0.3 is 0 Å². The number of aliphatic hydroxyl groups excluding tert-OH is 1. The molecule has 2 unspecified atom stereocenters. The molecule has 3 nitrogen and oxygen atoms in total. The molecule has 1 N–H and O–H groups in total. The van der Waals surface area contributed by atoms with E-state index in [-0.39, 0.29) is 17.7 Å². The number of piperidine rings is 1. The standard InChI is InChI=1S/C16H25NO2/c1-13(19-3)16(15-7-5-4-6-8-15)9-11-17(12-10-16)14(2)18/h4-8,13-14,18H,9-12H2,1-3H3. The lowest BCUT2D eigenvalue weighted by molar-refractivity contribution is -0.0411. The summed E-state index contributed by atoms with van der Waals surface area (Å²) in [5, 5.41) is 9.71. The molecule has 19 heavy (non-hydrogen) atoms. The second-order valence-electron chi connectivity index (χ2n) is 5.57. The molecule has 1 aromatic rings. The predicted molar refractivity (Wildman–Crippen MR) is 77.1 cm³/mol. The lowest BCUT2D eigenvalue weighted by Gasteiger charge is -2.46. The van der Waals surface area contributed by atoms with Crippen LogP contribution in [0.1, 0.15) is 32.3 Å². The van der Waals surface area contributed by atoms with E-state index in [1.165, 1.54) is 5.56 Å². The molecule has 0 radical (unpaired) electrons. The van der Waals surface area contributed by atoms with Crippen molar-refractivity contribution in [3.8, 4) is 0 Å². The van der Waals surface area contributed by atoms with Gasteiger partial charge in [-0.15, -0.1) is 0 Å². The first kappa shape index (κ1) is 14.5. The number of benzene rings is 1. The summed E-state index contributed by atoms with van der Waals surface area (Å²) < 4.78 is 5.66. The van der Waals surface area contributed by atoms with Crippen molar-refractivity contribution in [3.05, 3.63) is 35.9 Å². The molecule has 3 heteroatoms. The van der Waals surface area contributed by atoms with Gasteiger partial charge in [0, 0.05) is 25.6 Å². The van der Waals surface area contributed by atoms with Crippen molar-refractivity contribution in [2.45, 2.75) is 44.4 Å². The Hall–Kier alpha value is -0.900. The Morgan fingerprint density at radius 1 is 1.16 bits per heavy atom. The molecule has 2 atom stereocenters. The highest BCUT2D eigenvalue weighted by Gasteiger charge is 2.41. The minimum atomic E-state index is -0.355. The van der Waals surface area contributed by atoms with Crippen LogP contribution < -0.4 is 0 Å². The highest BCUT2D eigenvalue weighted by atomic mass is 16.5. The summed E-state index contributed by atoms with van der Waals surface area (Å²) in [6.07, 6.45) is 1.88. The largest absolute Gasteiger partial charge is 0.381 e. The molecule has 0 aliphatic carbocycles. The Balaban J connectivity index is 2.24. The van der Waals surface area contributed by atoms with Gasteiger partial charge in [-0.1, -0.05) is 30.3 Å². The van der Waals surface area contributed by atoms with Crippen LogP contribution in [-0.2, 0) is 10.2 Å². The first-order chi connectivity index (χ1) is 9.10. The number of hydrogen-bond acceptors (Lipinski definition) is 3. The fourth-order valence-electron chi connectivity index (χ4n) is 3.22. The monoisotopic (exact) mass is 263 g/mol. The van der Waals surface area contributed by atoms with E-state index < -0.39 is 0 Å². The quantitative estimate of drug-likeness (QED) is 0.905. The molecule has 106 valence electrons. The topological polar surface area (TPSA) is 32.7 Å². The summed E-state index contributed by atoms with van der Waals surface area (Å²) in [5.74, 6) is 0. The molecule has 0 saturated carbocycles. The number of likely N-dealkylation sites (tertiary alicyclic amines) is 1. The van der Waals surface area contributed by atoms with Gasteiger partial charge in [0.2, 0.25) is 0 Å². The van der Waals surface area contributed by atoms with Crippen LogP contribution in [0.4, 0.5) is 0 Å². The average Bonchev–Trinajstić information content (AvgIpc) is 2.47. The third-order valence-corrected chi connectivity index (χ3v) is 4.70. The maximum atomic E-state index is 9.71. The van der Waals surface area contributed by atoms with Crippen molar-refractivity contribution in [2.75, 3.05) is 20.2 Å². The second kappa shape index (κ2) is 6.04. The van der Waals surface area contributed by atoms with Crippen LogP contribution in [0, 0.1) is 0 Å². The first-order valence-electron chi connectivity index (χ1n) is 7.10. The smallest absolute Gasteiger partial charge is 0.104 e. The summed E-state index contributed by atoms with van der Waals surface area (Å²) in [7, 11) is 1.79. The zero-order valence-electron chi connectivity index (χ0n) is 12.2. The number of methoxy groups -OCH3 is 1. The lowest BCUT2D eigenvalue weighted by atomic mass is 9.69. The number of aliphatic hydroxyl groups is 1. The maximum Gasteiger partial charge on any atom is 0.104 e. The Morgan fingerprint density at radius 3 is 2.21 bits per heavy atom. The highest BCUT2D eigenvalue weighted by Crippen LogP contribution is 2.40. The van der Waals surface area contributed by atoms with E-state index in [2.05, 4.69) is 42.2 Å². The number of hydrogen-bond donors (Lipinski definition) is 1. The molecule has 0 spiro atoms. The molecule has 0 aromatic heterocycles. The Labute approximate surface area is 116 Å². The van der Waals surface area contributed by atoms with Gasteiger partial charge in [0.15, 0.2) is 0 Å². The molecule has 1 heterocycles. The van der Waals surface area contributed by atoms with Gasteiger partial charge in [-0.3, -0.25) is 4.90 Å².